The van der Waals surface area contributed by atoms with E-state index in [0.717, 1.165) is 25.7 Å². The van der Waals surface area contributed by atoms with Gasteiger partial charge in [0.2, 0.25) is 5.91 Å². The molecule has 2 fully saturated rings. The summed E-state index contributed by atoms with van der Waals surface area (Å²) in [5.74, 6) is 0.0299. The first-order chi connectivity index (χ1) is 9.52. The highest BCUT2D eigenvalue weighted by Gasteiger charge is 2.41. The maximum Gasteiger partial charge on any atom is 0.227 e. The van der Waals surface area contributed by atoms with E-state index in [1.807, 2.05) is 0 Å². The van der Waals surface area contributed by atoms with Crippen molar-refractivity contribution in [3.05, 3.63) is 0 Å². The fourth-order valence-electron chi connectivity index (χ4n) is 3.34. The van der Waals surface area contributed by atoms with Gasteiger partial charge in [-0.25, -0.2) is 0 Å². The van der Waals surface area contributed by atoms with E-state index in [1.165, 1.54) is 0 Å². The Labute approximate surface area is 121 Å². The van der Waals surface area contributed by atoms with Crippen LogP contribution in [0.2, 0.25) is 0 Å². The van der Waals surface area contributed by atoms with Crippen molar-refractivity contribution in [1.29, 1.82) is 0 Å². The van der Waals surface area contributed by atoms with Gasteiger partial charge < -0.3 is 20.9 Å². The van der Waals surface area contributed by atoms with Crippen molar-refractivity contribution in [1.82, 2.24) is 5.32 Å². The van der Waals surface area contributed by atoms with Crippen LogP contribution in [0, 0.1) is 10.8 Å². The number of amides is 1. The molecule has 1 saturated carbocycles. The number of aliphatic hydroxyl groups excluding tert-OH is 1. The highest BCUT2D eigenvalue weighted by atomic mass is 16.5. The number of carbonyl (C=O) groups excluding carboxylic acids is 1. The molecule has 0 aromatic rings. The largest absolute Gasteiger partial charge is 0.392 e. The summed E-state index contributed by atoms with van der Waals surface area (Å²) >= 11 is 0. The summed E-state index contributed by atoms with van der Waals surface area (Å²) in [5.41, 5.74) is 5.16. The third-order valence-corrected chi connectivity index (χ3v) is 5.26. The van der Waals surface area contributed by atoms with Crippen LogP contribution in [0.1, 0.15) is 45.4 Å². The minimum Gasteiger partial charge on any atom is -0.392 e. The molecule has 2 unspecified atom stereocenters. The van der Waals surface area contributed by atoms with Crippen LogP contribution in [0.15, 0.2) is 0 Å². The van der Waals surface area contributed by atoms with Crippen LogP contribution < -0.4 is 11.1 Å². The molecule has 1 aliphatic carbocycles. The molecule has 5 nitrogen and oxygen atoms in total. The van der Waals surface area contributed by atoms with E-state index >= 15 is 0 Å². The summed E-state index contributed by atoms with van der Waals surface area (Å²) in [6.45, 7) is 4.17. The third-order valence-electron chi connectivity index (χ3n) is 5.26. The molecular formula is C15H28N2O3. The standard InChI is InChI=1S/C15H28N2O3/c1-14(5-3-2-4-12(14)18)11-17-13(19)15(10-16)6-8-20-9-7-15/h12,18H,2-11,16H2,1H3,(H,17,19). The number of nitrogens with one attached hydrogen (secondary N) is 1. The van der Waals surface area contributed by atoms with Crippen molar-refractivity contribution in [3.63, 3.8) is 0 Å². The highest BCUT2D eigenvalue weighted by Crippen LogP contribution is 2.36. The van der Waals surface area contributed by atoms with Gasteiger partial charge in [0.05, 0.1) is 11.5 Å². The van der Waals surface area contributed by atoms with Crippen molar-refractivity contribution in [2.45, 2.75) is 51.6 Å². The van der Waals surface area contributed by atoms with Crippen LogP contribution in [-0.4, -0.2) is 43.4 Å². The second kappa shape index (κ2) is 6.41. The van der Waals surface area contributed by atoms with Gasteiger partial charge in [-0.05, 0) is 25.7 Å². The summed E-state index contributed by atoms with van der Waals surface area (Å²) in [6.07, 6.45) is 5.06. The lowest BCUT2D eigenvalue weighted by molar-refractivity contribution is -0.137. The Morgan fingerprint density at radius 2 is 2.05 bits per heavy atom. The number of rotatable bonds is 4. The Kier molecular flexibility index (Phi) is 5.04. The number of ether oxygens (including phenoxy) is 1. The zero-order valence-corrected chi connectivity index (χ0v) is 12.5. The van der Waals surface area contributed by atoms with Gasteiger partial charge in [0.15, 0.2) is 0 Å². The van der Waals surface area contributed by atoms with E-state index in [4.69, 9.17) is 10.5 Å². The first-order valence-corrected chi connectivity index (χ1v) is 7.77. The minimum absolute atomic E-state index is 0.0299. The predicted molar refractivity (Wildman–Crippen MR) is 77.1 cm³/mol. The summed E-state index contributed by atoms with van der Waals surface area (Å²) in [6, 6.07) is 0. The molecule has 0 bridgehead atoms. The molecule has 20 heavy (non-hydrogen) atoms. The van der Waals surface area contributed by atoms with Gasteiger partial charge in [0.1, 0.15) is 0 Å². The lowest BCUT2D eigenvalue weighted by Crippen LogP contribution is -2.53. The van der Waals surface area contributed by atoms with Gasteiger partial charge in [-0.3, -0.25) is 4.79 Å². The number of carbonyl (C=O) groups is 1. The molecule has 1 saturated heterocycles. The van der Waals surface area contributed by atoms with Crippen molar-refractivity contribution in [2.75, 3.05) is 26.3 Å². The van der Waals surface area contributed by atoms with Crippen LogP contribution in [0.4, 0.5) is 0 Å². The summed E-state index contributed by atoms with van der Waals surface area (Å²) in [7, 11) is 0. The van der Waals surface area contributed by atoms with Crippen molar-refractivity contribution in [2.24, 2.45) is 16.6 Å². The lowest BCUT2D eigenvalue weighted by Gasteiger charge is -2.40. The van der Waals surface area contributed by atoms with Gasteiger partial charge in [-0.2, -0.15) is 0 Å². The van der Waals surface area contributed by atoms with E-state index in [1.54, 1.807) is 0 Å². The Balaban J connectivity index is 1.93. The van der Waals surface area contributed by atoms with E-state index < -0.39 is 5.41 Å². The van der Waals surface area contributed by atoms with Gasteiger partial charge in [-0.1, -0.05) is 19.8 Å². The average molecular weight is 284 g/mol. The number of hydrogen-bond acceptors (Lipinski definition) is 4. The zero-order valence-electron chi connectivity index (χ0n) is 12.5. The Bertz CT molecular complexity index is 342. The van der Waals surface area contributed by atoms with Crippen LogP contribution >= 0.6 is 0 Å². The number of nitrogens with two attached hydrogens (primary N) is 1. The molecule has 1 heterocycles. The molecule has 1 aliphatic heterocycles. The molecule has 0 aromatic carbocycles. The minimum atomic E-state index is -0.478. The van der Waals surface area contributed by atoms with Crippen molar-refractivity contribution in [3.8, 4) is 0 Å². The average Bonchev–Trinajstić information content (AvgIpc) is 2.49. The Hall–Kier alpha value is -0.650. The molecule has 2 rings (SSSR count). The predicted octanol–water partition coefficient (Wildman–Crippen LogP) is 0.799. The van der Waals surface area contributed by atoms with Crippen LogP contribution in [0.25, 0.3) is 0 Å². The van der Waals surface area contributed by atoms with Crippen molar-refractivity contribution < 1.29 is 14.6 Å². The molecule has 1 amide bonds. The molecule has 0 aromatic heterocycles. The van der Waals surface area contributed by atoms with Gasteiger partial charge in [0.25, 0.3) is 0 Å². The quantitative estimate of drug-likeness (QED) is 0.713. The fraction of sp³-hybridized carbons (Fsp3) is 0.933. The first-order valence-electron chi connectivity index (χ1n) is 7.77. The topological polar surface area (TPSA) is 84.6 Å². The zero-order chi connectivity index (χ0) is 14.6. The number of hydrogen-bond donors (Lipinski definition) is 3. The molecule has 2 atom stereocenters. The smallest absolute Gasteiger partial charge is 0.227 e. The summed E-state index contributed by atoms with van der Waals surface area (Å²) in [4.78, 5) is 12.5. The van der Waals surface area contributed by atoms with Crippen LogP contribution in [-0.2, 0) is 9.53 Å². The molecule has 0 spiro atoms. The van der Waals surface area contributed by atoms with Gasteiger partial charge in [-0.15, -0.1) is 0 Å². The monoisotopic (exact) mass is 284 g/mol. The Morgan fingerprint density at radius 1 is 1.35 bits per heavy atom. The maximum atomic E-state index is 12.5. The highest BCUT2D eigenvalue weighted by molar-refractivity contribution is 5.83. The second-order valence-electron chi connectivity index (χ2n) is 6.70. The fourth-order valence-corrected chi connectivity index (χ4v) is 3.34. The molecule has 5 heteroatoms. The van der Waals surface area contributed by atoms with Crippen LogP contribution in [0.3, 0.4) is 0 Å². The molecule has 2 aliphatic rings. The molecular weight excluding hydrogens is 256 g/mol. The van der Waals surface area contributed by atoms with Crippen molar-refractivity contribution >= 4 is 5.91 Å². The van der Waals surface area contributed by atoms with E-state index in [-0.39, 0.29) is 17.4 Å². The lowest BCUT2D eigenvalue weighted by atomic mass is 9.72. The SMILES string of the molecule is CC1(CNC(=O)C2(CN)CCOCC2)CCCCC1O. The van der Waals surface area contributed by atoms with E-state index in [2.05, 4.69) is 12.2 Å². The molecule has 0 radical (unpaired) electrons. The van der Waals surface area contributed by atoms with Gasteiger partial charge >= 0.3 is 0 Å². The van der Waals surface area contributed by atoms with E-state index in [0.29, 0.717) is 39.1 Å². The van der Waals surface area contributed by atoms with E-state index in [9.17, 15) is 9.90 Å². The van der Waals surface area contributed by atoms with Gasteiger partial charge in [0, 0.05) is 31.7 Å². The Morgan fingerprint density at radius 3 is 2.65 bits per heavy atom. The third kappa shape index (κ3) is 3.15. The van der Waals surface area contributed by atoms with Crippen LogP contribution in [0.5, 0.6) is 0 Å². The normalized spacial score (nSPS) is 33.6. The molecule has 116 valence electrons. The second-order valence-corrected chi connectivity index (χ2v) is 6.70. The summed E-state index contributed by atoms with van der Waals surface area (Å²) in [5, 5.41) is 13.2. The first kappa shape index (κ1) is 15.7. The maximum absolute atomic E-state index is 12.5. The summed E-state index contributed by atoms with van der Waals surface area (Å²) < 4.78 is 5.33. The number of aliphatic hydroxyl groups is 1. The molecule has 4 N–H and O–H groups in total.